The van der Waals surface area contributed by atoms with E-state index in [9.17, 15) is 0 Å². The quantitative estimate of drug-likeness (QED) is 0.446. The van der Waals surface area contributed by atoms with E-state index in [-0.39, 0.29) is 29.5 Å². The van der Waals surface area contributed by atoms with Gasteiger partial charge >= 0.3 is 0 Å². The summed E-state index contributed by atoms with van der Waals surface area (Å²) in [4.78, 5) is 6.85. The molecule has 0 bridgehead atoms. The monoisotopic (exact) mass is 382 g/mol. The van der Waals surface area contributed by atoms with Gasteiger partial charge in [-0.15, -0.1) is 24.0 Å². The van der Waals surface area contributed by atoms with Crippen molar-refractivity contribution in [1.82, 2.24) is 10.2 Å². The Balaban J connectivity index is 0.00000324. The number of guanidine groups is 1. The molecule has 0 spiro atoms. The van der Waals surface area contributed by atoms with E-state index in [1.54, 1.807) is 0 Å². The van der Waals surface area contributed by atoms with E-state index in [0.29, 0.717) is 11.4 Å². The highest BCUT2D eigenvalue weighted by molar-refractivity contribution is 14.0. The first-order chi connectivity index (χ1) is 8.22. The van der Waals surface area contributed by atoms with Crippen LogP contribution in [0.15, 0.2) is 4.99 Å². The SMILES string of the molecule is CN(C)CC1(CN=C(N)NC(C)(C)C)CCCC1.I. The van der Waals surface area contributed by atoms with Crippen LogP contribution in [0.2, 0.25) is 0 Å². The lowest BCUT2D eigenvalue weighted by molar-refractivity contribution is 0.210. The van der Waals surface area contributed by atoms with Crippen LogP contribution in [0.5, 0.6) is 0 Å². The van der Waals surface area contributed by atoms with Gasteiger partial charge in [0.15, 0.2) is 5.96 Å². The van der Waals surface area contributed by atoms with Crippen molar-refractivity contribution in [1.29, 1.82) is 0 Å². The van der Waals surface area contributed by atoms with E-state index in [4.69, 9.17) is 5.73 Å². The summed E-state index contributed by atoms with van der Waals surface area (Å²) in [6.07, 6.45) is 5.21. The van der Waals surface area contributed by atoms with Crippen LogP contribution in [-0.4, -0.2) is 43.6 Å². The van der Waals surface area contributed by atoms with Crippen molar-refractivity contribution in [3.63, 3.8) is 0 Å². The highest BCUT2D eigenvalue weighted by Crippen LogP contribution is 2.38. The maximum atomic E-state index is 5.95. The fourth-order valence-corrected chi connectivity index (χ4v) is 2.84. The molecule has 3 N–H and O–H groups in total. The van der Waals surface area contributed by atoms with Gasteiger partial charge in [-0.3, -0.25) is 4.99 Å². The van der Waals surface area contributed by atoms with Gasteiger partial charge in [0.05, 0.1) is 0 Å². The standard InChI is InChI=1S/C14H30N4.HI/c1-13(2,3)17-12(15)16-10-14(11-18(4)5)8-6-7-9-14;/h6-11H2,1-5H3,(H3,15,16,17);1H. The second-order valence-corrected chi connectivity index (χ2v) is 7.02. The Bertz CT molecular complexity index is 288. The number of nitrogens with one attached hydrogen (secondary N) is 1. The molecule has 114 valence electrons. The fourth-order valence-electron chi connectivity index (χ4n) is 2.84. The third-order valence-electron chi connectivity index (χ3n) is 3.40. The molecule has 5 heteroatoms. The lowest BCUT2D eigenvalue weighted by atomic mass is 9.86. The van der Waals surface area contributed by atoms with Gasteiger partial charge < -0.3 is 16.0 Å². The first-order valence-corrected chi connectivity index (χ1v) is 6.95. The summed E-state index contributed by atoms with van der Waals surface area (Å²) in [6, 6.07) is 0. The summed E-state index contributed by atoms with van der Waals surface area (Å²) in [5.41, 5.74) is 6.28. The molecular weight excluding hydrogens is 351 g/mol. The Morgan fingerprint density at radius 1 is 1.26 bits per heavy atom. The van der Waals surface area contributed by atoms with Gasteiger partial charge in [0, 0.05) is 24.0 Å². The summed E-state index contributed by atoms with van der Waals surface area (Å²) in [5, 5.41) is 3.23. The summed E-state index contributed by atoms with van der Waals surface area (Å²) >= 11 is 0. The zero-order valence-corrected chi connectivity index (χ0v) is 15.5. The Kier molecular flexibility index (Phi) is 7.65. The zero-order valence-electron chi connectivity index (χ0n) is 13.1. The molecule has 4 nitrogen and oxygen atoms in total. The number of nitrogens with zero attached hydrogens (tertiary/aromatic N) is 2. The summed E-state index contributed by atoms with van der Waals surface area (Å²) in [5.74, 6) is 0.576. The van der Waals surface area contributed by atoms with Crippen LogP contribution in [0.1, 0.15) is 46.5 Å². The number of nitrogens with two attached hydrogens (primary N) is 1. The molecule has 0 aliphatic heterocycles. The third kappa shape index (κ3) is 7.34. The van der Waals surface area contributed by atoms with Crippen LogP contribution < -0.4 is 11.1 Å². The average Bonchev–Trinajstić information content (AvgIpc) is 2.60. The first kappa shape index (κ1) is 19.0. The molecule has 0 radical (unpaired) electrons. The molecule has 1 saturated carbocycles. The Labute approximate surface area is 135 Å². The number of rotatable bonds is 4. The number of aliphatic imine (C=N–C) groups is 1. The smallest absolute Gasteiger partial charge is 0.189 e. The van der Waals surface area contributed by atoms with Crippen LogP contribution in [-0.2, 0) is 0 Å². The molecule has 0 atom stereocenters. The Morgan fingerprint density at radius 3 is 2.21 bits per heavy atom. The van der Waals surface area contributed by atoms with Gasteiger partial charge in [0.2, 0.25) is 0 Å². The van der Waals surface area contributed by atoms with Crippen LogP contribution in [0.25, 0.3) is 0 Å². The second-order valence-electron chi connectivity index (χ2n) is 7.02. The lowest BCUT2D eigenvalue weighted by Gasteiger charge is -2.31. The van der Waals surface area contributed by atoms with Crippen molar-refractivity contribution < 1.29 is 0 Å². The maximum absolute atomic E-state index is 5.95. The van der Waals surface area contributed by atoms with E-state index in [1.807, 2.05) is 0 Å². The van der Waals surface area contributed by atoms with Gasteiger partial charge in [-0.1, -0.05) is 12.8 Å². The van der Waals surface area contributed by atoms with Crippen molar-refractivity contribution in [2.45, 2.75) is 52.0 Å². The van der Waals surface area contributed by atoms with Crippen LogP contribution in [0.3, 0.4) is 0 Å². The topological polar surface area (TPSA) is 53.6 Å². The summed E-state index contributed by atoms with van der Waals surface area (Å²) < 4.78 is 0. The molecule has 1 aliphatic carbocycles. The third-order valence-corrected chi connectivity index (χ3v) is 3.40. The van der Waals surface area contributed by atoms with E-state index in [1.165, 1.54) is 25.7 Å². The Morgan fingerprint density at radius 2 is 1.79 bits per heavy atom. The molecule has 0 aromatic carbocycles. The zero-order chi connectivity index (χ0) is 13.8. The minimum absolute atomic E-state index is 0. The second kappa shape index (κ2) is 7.67. The van der Waals surface area contributed by atoms with Crippen LogP contribution in [0.4, 0.5) is 0 Å². The van der Waals surface area contributed by atoms with E-state index >= 15 is 0 Å². The molecule has 0 aromatic heterocycles. The van der Waals surface area contributed by atoms with Gasteiger partial charge in [-0.05, 0) is 47.7 Å². The van der Waals surface area contributed by atoms with Crippen molar-refractivity contribution in [3.05, 3.63) is 0 Å². The highest BCUT2D eigenvalue weighted by atomic mass is 127. The molecule has 1 aliphatic rings. The van der Waals surface area contributed by atoms with Crippen molar-refractivity contribution in [2.75, 3.05) is 27.2 Å². The van der Waals surface area contributed by atoms with E-state index in [0.717, 1.165) is 13.1 Å². The molecule has 19 heavy (non-hydrogen) atoms. The van der Waals surface area contributed by atoms with Crippen molar-refractivity contribution in [3.8, 4) is 0 Å². The molecule has 0 amide bonds. The van der Waals surface area contributed by atoms with Crippen LogP contribution >= 0.6 is 24.0 Å². The largest absolute Gasteiger partial charge is 0.370 e. The van der Waals surface area contributed by atoms with Gasteiger partial charge in [-0.2, -0.15) is 0 Å². The van der Waals surface area contributed by atoms with Gasteiger partial charge in [0.25, 0.3) is 0 Å². The van der Waals surface area contributed by atoms with Crippen molar-refractivity contribution in [2.24, 2.45) is 16.1 Å². The average molecular weight is 382 g/mol. The number of hydrogen-bond donors (Lipinski definition) is 2. The van der Waals surface area contributed by atoms with Gasteiger partial charge in [0.1, 0.15) is 0 Å². The lowest BCUT2D eigenvalue weighted by Crippen LogP contribution is -2.45. The molecule has 1 rings (SSSR count). The normalized spacial score (nSPS) is 19.4. The predicted octanol–water partition coefficient (Wildman–Crippen LogP) is 2.43. The summed E-state index contributed by atoms with van der Waals surface area (Å²) in [7, 11) is 4.28. The van der Waals surface area contributed by atoms with E-state index < -0.39 is 0 Å². The first-order valence-electron chi connectivity index (χ1n) is 6.95. The van der Waals surface area contributed by atoms with Gasteiger partial charge in [-0.25, -0.2) is 0 Å². The Hall–Kier alpha value is -0.0400. The molecule has 0 unspecified atom stereocenters. The van der Waals surface area contributed by atoms with Crippen LogP contribution in [0, 0.1) is 5.41 Å². The number of hydrogen-bond acceptors (Lipinski definition) is 2. The highest BCUT2D eigenvalue weighted by Gasteiger charge is 2.34. The van der Waals surface area contributed by atoms with E-state index in [2.05, 4.69) is 50.1 Å². The predicted molar refractivity (Wildman–Crippen MR) is 94.2 cm³/mol. The molecule has 0 heterocycles. The minimum atomic E-state index is -0.0159. The molecule has 1 fully saturated rings. The number of halogens is 1. The fraction of sp³-hybridized carbons (Fsp3) is 0.929. The minimum Gasteiger partial charge on any atom is -0.370 e. The molecular formula is C14H31IN4. The molecule has 0 saturated heterocycles. The van der Waals surface area contributed by atoms with Crippen molar-refractivity contribution >= 4 is 29.9 Å². The summed E-state index contributed by atoms with van der Waals surface area (Å²) in [6.45, 7) is 8.25. The maximum Gasteiger partial charge on any atom is 0.189 e. The molecule has 0 aromatic rings.